The molecule has 30 heavy (non-hydrogen) atoms. The van der Waals surface area contributed by atoms with Gasteiger partial charge in [0.25, 0.3) is 11.8 Å². The molecule has 1 aromatic carbocycles. The van der Waals surface area contributed by atoms with Crippen molar-refractivity contribution in [2.24, 2.45) is 28.8 Å². The molecule has 4 rings (SSSR count). The maximum Gasteiger partial charge on any atom is 0.344 e. The highest BCUT2D eigenvalue weighted by atomic mass is 35.5. The van der Waals surface area contributed by atoms with Crippen molar-refractivity contribution in [1.82, 2.24) is 5.01 Å². The lowest BCUT2D eigenvalue weighted by Gasteiger charge is -2.17. The van der Waals surface area contributed by atoms with Crippen molar-refractivity contribution in [3.63, 3.8) is 0 Å². The molecule has 158 valence electrons. The molecule has 1 heterocycles. The van der Waals surface area contributed by atoms with E-state index in [0.29, 0.717) is 12.2 Å². The van der Waals surface area contributed by atoms with Gasteiger partial charge in [0.2, 0.25) is 0 Å². The first-order valence-electron chi connectivity index (χ1n) is 9.77. The standard InChI is InChI=1S/C21H21ClN2O6/c1-3-29-15-7-11(6-14(22)18(15)30-10(2)21(27)28)9-23-24-19(25)16-12-4-5-13(8-12)17(16)20(24)26/h4-7,9-10,12-13,16-17H,3,8H2,1-2H3,(H,27,28)/t10-,12+,13+,16-,17+/m1/s1. The lowest BCUT2D eigenvalue weighted by atomic mass is 9.85. The molecule has 2 bridgehead atoms. The van der Waals surface area contributed by atoms with Gasteiger partial charge in [0.05, 0.1) is 29.7 Å². The minimum absolute atomic E-state index is 0.107. The minimum Gasteiger partial charge on any atom is -0.490 e. The second kappa shape index (κ2) is 7.75. The molecule has 2 fully saturated rings. The molecule has 8 nitrogen and oxygen atoms in total. The molecule has 3 aliphatic rings. The fourth-order valence-corrected chi connectivity index (χ4v) is 4.66. The van der Waals surface area contributed by atoms with Crippen molar-refractivity contribution in [2.75, 3.05) is 6.61 Å². The Bertz CT molecular complexity index is 944. The van der Waals surface area contributed by atoms with Gasteiger partial charge in [0.15, 0.2) is 17.6 Å². The van der Waals surface area contributed by atoms with Crippen LogP contribution >= 0.6 is 11.6 Å². The third-order valence-corrected chi connectivity index (χ3v) is 6.02. The van der Waals surface area contributed by atoms with Crippen LogP contribution in [0.5, 0.6) is 11.5 Å². The summed E-state index contributed by atoms with van der Waals surface area (Å²) in [6.45, 7) is 3.45. The fourth-order valence-electron chi connectivity index (χ4n) is 4.39. The van der Waals surface area contributed by atoms with Crippen molar-refractivity contribution in [3.05, 3.63) is 34.9 Å². The summed E-state index contributed by atoms with van der Waals surface area (Å²) in [7, 11) is 0. The zero-order valence-corrected chi connectivity index (χ0v) is 17.2. The predicted octanol–water partition coefficient (Wildman–Crippen LogP) is 2.73. The molecule has 1 saturated heterocycles. The van der Waals surface area contributed by atoms with Crippen molar-refractivity contribution < 1.29 is 29.0 Å². The molecule has 0 spiro atoms. The number of aliphatic carboxylic acids is 1. The number of carbonyl (C=O) groups excluding carboxylic acids is 2. The third kappa shape index (κ3) is 3.35. The van der Waals surface area contributed by atoms with Crippen LogP contribution in [-0.4, -0.2) is 46.8 Å². The molecule has 0 radical (unpaired) electrons. The van der Waals surface area contributed by atoms with Crippen molar-refractivity contribution in [1.29, 1.82) is 0 Å². The number of imide groups is 1. The second-order valence-electron chi connectivity index (χ2n) is 7.59. The van der Waals surface area contributed by atoms with Crippen molar-refractivity contribution >= 4 is 35.6 Å². The molecule has 1 saturated carbocycles. The molecular formula is C21H21ClN2O6. The van der Waals surface area contributed by atoms with E-state index in [4.69, 9.17) is 26.2 Å². The average molecular weight is 433 g/mol. The average Bonchev–Trinajstić information content (AvgIpc) is 3.37. The molecule has 0 aromatic heterocycles. The quantitative estimate of drug-likeness (QED) is 0.403. The molecular weight excluding hydrogens is 412 g/mol. The van der Waals surface area contributed by atoms with Crippen LogP contribution in [0.4, 0.5) is 0 Å². The zero-order valence-electron chi connectivity index (χ0n) is 16.4. The van der Waals surface area contributed by atoms with Crippen molar-refractivity contribution in [2.45, 2.75) is 26.4 Å². The summed E-state index contributed by atoms with van der Waals surface area (Å²) in [6, 6.07) is 3.08. The first-order valence-corrected chi connectivity index (χ1v) is 10.2. The number of fused-ring (bicyclic) bond motifs is 5. The van der Waals surface area contributed by atoms with Crippen LogP contribution < -0.4 is 9.47 Å². The number of ether oxygens (including phenoxy) is 2. The minimum atomic E-state index is -1.14. The van der Waals surface area contributed by atoms with Crippen LogP contribution in [-0.2, 0) is 14.4 Å². The Balaban J connectivity index is 1.57. The van der Waals surface area contributed by atoms with Crippen LogP contribution in [0, 0.1) is 23.7 Å². The number of benzene rings is 1. The number of nitrogens with zero attached hydrogens (tertiary/aromatic N) is 2. The molecule has 1 aliphatic heterocycles. The summed E-state index contributed by atoms with van der Waals surface area (Å²) < 4.78 is 10.9. The monoisotopic (exact) mass is 432 g/mol. The van der Waals surface area contributed by atoms with Gasteiger partial charge in [0, 0.05) is 0 Å². The zero-order chi connectivity index (χ0) is 21.6. The summed E-state index contributed by atoms with van der Waals surface area (Å²) in [5.41, 5.74) is 0.484. The number of hydrogen-bond acceptors (Lipinski definition) is 6. The highest BCUT2D eigenvalue weighted by Crippen LogP contribution is 2.52. The van der Waals surface area contributed by atoms with E-state index in [1.165, 1.54) is 19.2 Å². The number of hydrazone groups is 1. The smallest absolute Gasteiger partial charge is 0.344 e. The van der Waals surface area contributed by atoms with Gasteiger partial charge in [-0.05, 0) is 49.8 Å². The third-order valence-electron chi connectivity index (χ3n) is 5.74. The summed E-state index contributed by atoms with van der Waals surface area (Å²) >= 11 is 6.28. The summed E-state index contributed by atoms with van der Waals surface area (Å²) in [6.07, 6.45) is 5.15. The number of amides is 2. The second-order valence-corrected chi connectivity index (χ2v) is 8.00. The van der Waals surface area contributed by atoms with Crippen molar-refractivity contribution in [3.8, 4) is 11.5 Å². The van der Waals surface area contributed by atoms with E-state index in [2.05, 4.69) is 5.10 Å². The number of carboxylic acids is 1. The topological polar surface area (TPSA) is 106 Å². The van der Waals surface area contributed by atoms with Crippen LogP contribution in [0.1, 0.15) is 25.8 Å². The molecule has 1 aromatic rings. The SMILES string of the molecule is CCOc1cc(C=NN2C(=O)[C@@H]3[C@H](C2=O)[C@H]2C=C[C@H]3C2)cc(Cl)c1O[C@H](C)C(=O)O. The number of carboxylic acid groups (broad SMARTS) is 1. The highest BCUT2D eigenvalue weighted by Gasteiger charge is 2.59. The molecule has 5 atom stereocenters. The normalized spacial score (nSPS) is 27.8. The van der Waals surface area contributed by atoms with Gasteiger partial charge in [-0.3, -0.25) is 9.59 Å². The highest BCUT2D eigenvalue weighted by molar-refractivity contribution is 6.32. The van der Waals surface area contributed by atoms with Crippen LogP contribution in [0.2, 0.25) is 5.02 Å². The molecule has 0 unspecified atom stereocenters. The van der Waals surface area contributed by atoms with Crippen LogP contribution in [0.15, 0.2) is 29.4 Å². The Morgan fingerprint density at radius 3 is 2.50 bits per heavy atom. The maximum absolute atomic E-state index is 12.7. The molecule has 9 heteroatoms. The Morgan fingerprint density at radius 1 is 1.30 bits per heavy atom. The fraction of sp³-hybridized carbons (Fsp3) is 0.429. The van der Waals surface area contributed by atoms with E-state index < -0.39 is 12.1 Å². The molecule has 2 amide bonds. The Morgan fingerprint density at radius 2 is 1.93 bits per heavy atom. The van der Waals surface area contributed by atoms with Gasteiger partial charge in [0.1, 0.15) is 0 Å². The van der Waals surface area contributed by atoms with Gasteiger partial charge in [-0.1, -0.05) is 23.8 Å². The first-order chi connectivity index (χ1) is 14.3. The van der Waals surface area contributed by atoms with Gasteiger partial charge in [-0.2, -0.15) is 10.1 Å². The number of hydrogen-bond donors (Lipinski definition) is 1. The van der Waals surface area contributed by atoms with E-state index >= 15 is 0 Å². The van der Waals surface area contributed by atoms with E-state index in [-0.39, 0.29) is 52.0 Å². The summed E-state index contributed by atoms with van der Waals surface area (Å²) in [5.74, 6) is -1.74. The van der Waals surface area contributed by atoms with E-state index in [9.17, 15) is 14.4 Å². The van der Waals surface area contributed by atoms with Gasteiger partial charge >= 0.3 is 5.97 Å². The van der Waals surface area contributed by atoms with E-state index in [1.807, 2.05) is 12.2 Å². The largest absolute Gasteiger partial charge is 0.490 e. The summed E-state index contributed by atoms with van der Waals surface area (Å²) in [4.78, 5) is 36.5. The Hall–Kier alpha value is -2.87. The number of allylic oxidation sites excluding steroid dienone is 2. The molecule has 2 aliphatic carbocycles. The number of carbonyl (C=O) groups is 3. The Kier molecular flexibility index (Phi) is 5.27. The predicted molar refractivity (Wildman–Crippen MR) is 108 cm³/mol. The lowest BCUT2D eigenvalue weighted by Crippen LogP contribution is -2.28. The van der Waals surface area contributed by atoms with E-state index in [0.717, 1.165) is 11.4 Å². The van der Waals surface area contributed by atoms with Gasteiger partial charge in [-0.25, -0.2) is 4.79 Å². The first kappa shape index (κ1) is 20.4. The van der Waals surface area contributed by atoms with Crippen LogP contribution in [0.3, 0.4) is 0 Å². The number of halogens is 1. The Labute approximate surface area is 178 Å². The molecule has 1 N–H and O–H groups in total. The lowest BCUT2D eigenvalue weighted by molar-refractivity contribution is -0.144. The van der Waals surface area contributed by atoms with E-state index in [1.54, 1.807) is 13.0 Å². The number of rotatable bonds is 7. The summed E-state index contributed by atoms with van der Waals surface area (Å²) in [5, 5.41) is 14.3. The van der Waals surface area contributed by atoms with Crippen LogP contribution in [0.25, 0.3) is 0 Å². The van der Waals surface area contributed by atoms with Gasteiger partial charge < -0.3 is 14.6 Å². The maximum atomic E-state index is 12.7. The van der Waals surface area contributed by atoms with Gasteiger partial charge in [-0.15, -0.1) is 0 Å².